The van der Waals surface area contributed by atoms with Crippen LogP contribution in [0.15, 0.2) is 23.4 Å². The van der Waals surface area contributed by atoms with Crippen LogP contribution in [-0.2, 0) is 0 Å². The molecule has 0 saturated heterocycles. The fourth-order valence-electron chi connectivity index (χ4n) is 1.79. The number of amidine groups is 1. The highest BCUT2D eigenvalue weighted by Gasteiger charge is 2.08. The predicted octanol–water partition coefficient (Wildman–Crippen LogP) is 2.77. The lowest BCUT2D eigenvalue weighted by molar-refractivity contribution is 0.226. The number of hydrogen-bond acceptors (Lipinski definition) is 4. The van der Waals surface area contributed by atoms with Crippen LogP contribution in [0, 0.1) is 5.92 Å². The summed E-state index contributed by atoms with van der Waals surface area (Å²) in [5.41, 5.74) is 5.91. The van der Waals surface area contributed by atoms with Gasteiger partial charge in [0.05, 0.1) is 6.61 Å². The summed E-state index contributed by atoms with van der Waals surface area (Å²) in [7, 11) is 0. The summed E-state index contributed by atoms with van der Waals surface area (Å²) in [6.07, 6.45) is 4.69. The first-order valence-corrected chi connectivity index (χ1v) is 6.79. The predicted molar refractivity (Wildman–Crippen MR) is 75.5 cm³/mol. The second-order valence-corrected chi connectivity index (χ2v) is 4.57. The van der Waals surface area contributed by atoms with Gasteiger partial charge in [-0.3, -0.25) is 0 Å². The van der Waals surface area contributed by atoms with Crippen LogP contribution in [0.2, 0.25) is 0 Å². The first-order valence-electron chi connectivity index (χ1n) is 6.79. The minimum Gasteiger partial charge on any atom is -0.477 e. The van der Waals surface area contributed by atoms with Gasteiger partial charge in [-0.25, -0.2) is 4.98 Å². The summed E-state index contributed by atoms with van der Waals surface area (Å²) < 4.78 is 5.69. The lowest BCUT2D eigenvalue weighted by atomic mass is 10.0. The molecule has 0 saturated carbocycles. The number of rotatable bonds is 8. The zero-order valence-corrected chi connectivity index (χ0v) is 11.7. The summed E-state index contributed by atoms with van der Waals surface area (Å²) in [6, 6.07) is 5.24. The molecule has 1 atom stereocenters. The van der Waals surface area contributed by atoms with Crippen LogP contribution in [-0.4, -0.2) is 22.6 Å². The Morgan fingerprint density at radius 1 is 1.47 bits per heavy atom. The van der Waals surface area contributed by atoms with Gasteiger partial charge in [-0.2, -0.15) is 0 Å². The topological polar surface area (TPSA) is 80.7 Å². The largest absolute Gasteiger partial charge is 0.477 e. The van der Waals surface area contributed by atoms with E-state index in [1.807, 2.05) is 0 Å². The number of oxime groups is 1. The first kappa shape index (κ1) is 15.3. The summed E-state index contributed by atoms with van der Waals surface area (Å²) in [6.45, 7) is 5.02. The summed E-state index contributed by atoms with van der Waals surface area (Å²) in [4.78, 5) is 4.19. The van der Waals surface area contributed by atoms with Crippen LogP contribution >= 0.6 is 0 Å². The van der Waals surface area contributed by atoms with Crippen molar-refractivity contribution in [1.29, 1.82) is 0 Å². The van der Waals surface area contributed by atoms with Gasteiger partial charge in [0.15, 0.2) is 5.84 Å². The number of nitrogens with zero attached hydrogens (tertiary/aromatic N) is 2. The van der Waals surface area contributed by atoms with E-state index in [1.54, 1.807) is 18.2 Å². The molecule has 0 bridgehead atoms. The molecule has 5 nitrogen and oxygen atoms in total. The Balaban J connectivity index is 2.57. The minimum atomic E-state index is -0.0107. The van der Waals surface area contributed by atoms with Gasteiger partial charge >= 0.3 is 0 Å². The third kappa shape index (κ3) is 5.16. The molecule has 0 spiro atoms. The molecule has 0 amide bonds. The van der Waals surface area contributed by atoms with Gasteiger partial charge < -0.3 is 15.7 Å². The number of pyridine rings is 1. The number of nitrogens with two attached hydrogens (primary N) is 1. The van der Waals surface area contributed by atoms with E-state index in [4.69, 9.17) is 15.7 Å². The molecule has 1 aromatic heterocycles. The highest BCUT2D eigenvalue weighted by atomic mass is 16.5. The van der Waals surface area contributed by atoms with Crippen LogP contribution in [0.3, 0.4) is 0 Å². The van der Waals surface area contributed by atoms with Crippen LogP contribution in [0.5, 0.6) is 5.88 Å². The number of hydrogen-bond donors (Lipinski definition) is 2. The molecule has 0 fully saturated rings. The fourth-order valence-corrected chi connectivity index (χ4v) is 1.79. The van der Waals surface area contributed by atoms with Crippen molar-refractivity contribution >= 4 is 5.84 Å². The number of unbranched alkanes of at least 4 members (excludes halogenated alkanes) is 1. The average Bonchev–Trinajstić information content (AvgIpc) is 2.47. The maximum absolute atomic E-state index is 8.61. The summed E-state index contributed by atoms with van der Waals surface area (Å²) >= 11 is 0. The molecular weight excluding hydrogens is 242 g/mol. The maximum atomic E-state index is 8.61. The highest BCUT2D eigenvalue weighted by Crippen LogP contribution is 2.15. The molecule has 0 aliphatic carbocycles. The van der Waals surface area contributed by atoms with E-state index in [-0.39, 0.29) is 5.84 Å². The molecule has 1 rings (SSSR count). The van der Waals surface area contributed by atoms with Crippen molar-refractivity contribution in [3.8, 4) is 5.88 Å². The van der Waals surface area contributed by atoms with Crippen molar-refractivity contribution in [2.24, 2.45) is 16.8 Å². The molecule has 0 aliphatic rings. The lowest BCUT2D eigenvalue weighted by Crippen LogP contribution is -2.16. The first-order chi connectivity index (χ1) is 9.21. The van der Waals surface area contributed by atoms with E-state index in [9.17, 15) is 0 Å². The van der Waals surface area contributed by atoms with Gasteiger partial charge in [0.25, 0.3) is 0 Å². The maximum Gasteiger partial charge on any atom is 0.213 e. The Hall–Kier alpha value is -1.78. The Labute approximate surface area is 114 Å². The van der Waals surface area contributed by atoms with Crippen molar-refractivity contribution in [2.75, 3.05) is 6.61 Å². The van der Waals surface area contributed by atoms with Crippen molar-refractivity contribution < 1.29 is 9.94 Å². The highest BCUT2D eigenvalue weighted by molar-refractivity contribution is 5.95. The molecule has 1 unspecified atom stereocenters. The summed E-state index contributed by atoms with van der Waals surface area (Å²) in [5.74, 6) is 1.05. The van der Waals surface area contributed by atoms with Crippen LogP contribution in [0.25, 0.3) is 0 Å². The van der Waals surface area contributed by atoms with E-state index in [2.05, 4.69) is 24.0 Å². The molecule has 3 N–H and O–H groups in total. The zero-order valence-electron chi connectivity index (χ0n) is 11.7. The normalized spacial score (nSPS) is 13.3. The molecule has 5 heteroatoms. The molecule has 19 heavy (non-hydrogen) atoms. The second kappa shape index (κ2) is 8.34. The summed E-state index contributed by atoms with van der Waals surface area (Å²) in [5, 5.41) is 11.5. The van der Waals surface area contributed by atoms with E-state index in [0.29, 0.717) is 24.1 Å². The van der Waals surface area contributed by atoms with Gasteiger partial charge in [-0.1, -0.05) is 44.3 Å². The van der Waals surface area contributed by atoms with Gasteiger partial charge in [-0.15, -0.1) is 0 Å². The fraction of sp³-hybridized carbons (Fsp3) is 0.571. The van der Waals surface area contributed by atoms with Gasteiger partial charge in [-0.05, 0) is 18.4 Å². The van der Waals surface area contributed by atoms with Gasteiger partial charge in [0, 0.05) is 6.07 Å². The zero-order chi connectivity index (χ0) is 14.1. The lowest BCUT2D eigenvalue weighted by Gasteiger charge is -2.15. The van der Waals surface area contributed by atoms with E-state index in [1.165, 1.54) is 19.3 Å². The van der Waals surface area contributed by atoms with Crippen molar-refractivity contribution in [1.82, 2.24) is 4.98 Å². The quantitative estimate of drug-likeness (QED) is 0.328. The van der Waals surface area contributed by atoms with Crippen molar-refractivity contribution in [2.45, 2.75) is 39.5 Å². The van der Waals surface area contributed by atoms with Gasteiger partial charge in [0.2, 0.25) is 5.88 Å². The molecule has 0 radical (unpaired) electrons. The smallest absolute Gasteiger partial charge is 0.213 e. The van der Waals surface area contributed by atoms with E-state index in [0.717, 1.165) is 6.42 Å². The third-order valence-corrected chi connectivity index (χ3v) is 3.10. The Bertz CT molecular complexity index is 407. The molecular formula is C14H23N3O2. The van der Waals surface area contributed by atoms with Crippen molar-refractivity contribution in [3.63, 3.8) is 0 Å². The Kier molecular flexibility index (Phi) is 6.71. The molecule has 0 aliphatic heterocycles. The Morgan fingerprint density at radius 3 is 2.89 bits per heavy atom. The number of aromatic nitrogens is 1. The SMILES string of the molecule is CCCCC(CC)COc1cccc(C(N)=NO)n1. The molecule has 106 valence electrons. The Morgan fingerprint density at radius 2 is 2.26 bits per heavy atom. The number of ether oxygens (including phenoxy) is 1. The third-order valence-electron chi connectivity index (χ3n) is 3.10. The van der Waals surface area contributed by atoms with E-state index < -0.39 is 0 Å². The van der Waals surface area contributed by atoms with Crippen LogP contribution in [0.4, 0.5) is 0 Å². The second-order valence-electron chi connectivity index (χ2n) is 4.57. The monoisotopic (exact) mass is 265 g/mol. The van der Waals surface area contributed by atoms with Gasteiger partial charge in [0.1, 0.15) is 5.69 Å². The molecule has 1 heterocycles. The van der Waals surface area contributed by atoms with Crippen molar-refractivity contribution in [3.05, 3.63) is 23.9 Å². The van der Waals surface area contributed by atoms with E-state index >= 15 is 0 Å². The molecule has 1 aromatic rings. The van der Waals surface area contributed by atoms with Crippen LogP contribution in [0.1, 0.15) is 45.2 Å². The average molecular weight is 265 g/mol. The van der Waals surface area contributed by atoms with Crippen LogP contribution < -0.4 is 10.5 Å². The minimum absolute atomic E-state index is 0.0107. The standard InChI is InChI=1S/C14H23N3O2/c1-3-5-7-11(4-2)10-19-13-9-6-8-12(16-13)14(15)17-18/h6,8-9,11,18H,3-5,7,10H2,1-2H3,(H2,15,17). The molecule has 0 aromatic carbocycles.